The Labute approximate surface area is 148 Å². The molecule has 1 amide bonds. The van der Waals surface area contributed by atoms with E-state index in [4.69, 9.17) is 0 Å². The smallest absolute Gasteiger partial charge is 0.258 e. The van der Waals surface area contributed by atoms with Gasteiger partial charge < -0.3 is 14.9 Å². The Hall–Kier alpha value is -3.29. The topological polar surface area (TPSA) is 112 Å². The van der Waals surface area contributed by atoms with Gasteiger partial charge in [0.15, 0.2) is 0 Å². The van der Waals surface area contributed by atoms with E-state index in [1.165, 1.54) is 4.90 Å². The van der Waals surface area contributed by atoms with Crippen LogP contribution in [-0.4, -0.2) is 37.8 Å². The number of hydrogen-bond donors (Lipinski definition) is 2. The summed E-state index contributed by atoms with van der Waals surface area (Å²) in [5.74, 6) is 0.632. The maximum Gasteiger partial charge on any atom is 0.258 e. The number of nitrogens with one attached hydrogen (secondary N) is 2. The van der Waals surface area contributed by atoms with Crippen molar-refractivity contribution in [3.05, 3.63) is 67.9 Å². The molecule has 134 valence electrons. The van der Waals surface area contributed by atoms with Gasteiger partial charge in [-0.05, 0) is 26.0 Å². The Balaban J connectivity index is 1.80. The first-order valence-corrected chi connectivity index (χ1v) is 8.13. The van der Waals surface area contributed by atoms with Crippen LogP contribution in [0.4, 0.5) is 0 Å². The second kappa shape index (κ2) is 6.91. The zero-order valence-electron chi connectivity index (χ0n) is 14.8. The second-order valence-electron chi connectivity index (χ2n) is 6.17. The van der Waals surface area contributed by atoms with Crippen molar-refractivity contribution in [3.63, 3.8) is 0 Å². The Bertz CT molecular complexity index is 1100. The van der Waals surface area contributed by atoms with Gasteiger partial charge in [0.2, 0.25) is 5.91 Å². The Morgan fingerprint density at radius 3 is 2.54 bits per heavy atom. The third-order valence-electron chi connectivity index (χ3n) is 4.14. The van der Waals surface area contributed by atoms with Crippen LogP contribution in [0.5, 0.6) is 0 Å². The Morgan fingerprint density at radius 2 is 1.81 bits per heavy atom. The zero-order chi connectivity index (χ0) is 18.8. The molecular weight excluding hydrogens is 334 g/mol. The highest BCUT2D eigenvalue weighted by Crippen LogP contribution is 2.08. The molecule has 0 fully saturated rings. The van der Waals surface area contributed by atoms with Crippen LogP contribution in [0.15, 0.2) is 33.9 Å². The number of carbonyl (C=O) groups excluding carboxylic acids is 1. The maximum atomic E-state index is 12.5. The molecule has 2 N–H and O–H groups in total. The number of rotatable bonds is 4. The number of hydrogen-bond acceptors (Lipinski definition) is 5. The summed E-state index contributed by atoms with van der Waals surface area (Å²) in [7, 11) is 1.60. The minimum atomic E-state index is -0.311. The Kier molecular flexibility index (Phi) is 4.66. The van der Waals surface area contributed by atoms with Gasteiger partial charge in [-0.15, -0.1) is 0 Å². The minimum Gasteiger partial charge on any atom is -0.338 e. The van der Waals surface area contributed by atoms with Gasteiger partial charge in [-0.25, -0.2) is 9.97 Å². The van der Waals surface area contributed by atoms with Crippen molar-refractivity contribution in [1.29, 1.82) is 0 Å². The van der Waals surface area contributed by atoms with E-state index in [0.29, 0.717) is 33.8 Å². The lowest BCUT2D eigenvalue weighted by atomic mass is 10.1. The molecule has 26 heavy (non-hydrogen) atoms. The van der Waals surface area contributed by atoms with Gasteiger partial charge in [-0.2, -0.15) is 0 Å². The number of aryl methyl sites for hydroxylation is 2. The summed E-state index contributed by atoms with van der Waals surface area (Å²) in [6, 6.07) is 7.01. The number of carbonyl (C=O) groups is 1. The standard InChI is InChI=1S/C18H19N5O3/c1-10-13(18(26)20-11(2)19-10)8-16(24)23(3)9-15-21-14-7-5-4-6-12(14)17(25)22-15/h4-7H,8-9H2,1-3H3,(H,19,20,26)(H,21,22,25). The van der Waals surface area contributed by atoms with E-state index in [1.54, 1.807) is 45.2 Å². The van der Waals surface area contributed by atoms with Gasteiger partial charge in [-0.1, -0.05) is 12.1 Å². The molecule has 0 unspecified atom stereocenters. The summed E-state index contributed by atoms with van der Waals surface area (Å²) in [5.41, 5.74) is 0.884. The van der Waals surface area contributed by atoms with Crippen molar-refractivity contribution in [3.8, 4) is 0 Å². The number of H-pyrrole nitrogens is 2. The molecule has 0 bridgehead atoms. The molecule has 1 aromatic carbocycles. The fraction of sp³-hybridized carbons (Fsp3) is 0.278. The van der Waals surface area contributed by atoms with E-state index in [-0.39, 0.29) is 30.0 Å². The zero-order valence-corrected chi connectivity index (χ0v) is 14.8. The average Bonchev–Trinajstić information content (AvgIpc) is 2.58. The molecule has 0 radical (unpaired) electrons. The van der Waals surface area contributed by atoms with E-state index in [1.807, 2.05) is 0 Å². The molecule has 8 nitrogen and oxygen atoms in total. The van der Waals surface area contributed by atoms with Crippen molar-refractivity contribution in [2.24, 2.45) is 0 Å². The van der Waals surface area contributed by atoms with Gasteiger partial charge in [0.05, 0.1) is 23.9 Å². The number of aromatic amines is 2. The third kappa shape index (κ3) is 3.53. The predicted molar refractivity (Wildman–Crippen MR) is 96.9 cm³/mol. The van der Waals surface area contributed by atoms with E-state index in [2.05, 4.69) is 19.9 Å². The number of aromatic nitrogens is 4. The van der Waals surface area contributed by atoms with Crippen molar-refractivity contribution < 1.29 is 4.79 Å². The number of benzene rings is 1. The van der Waals surface area contributed by atoms with Crippen molar-refractivity contribution in [2.75, 3.05) is 7.05 Å². The summed E-state index contributed by atoms with van der Waals surface area (Å²) in [4.78, 5) is 51.9. The largest absolute Gasteiger partial charge is 0.338 e. The van der Waals surface area contributed by atoms with Crippen molar-refractivity contribution in [2.45, 2.75) is 26.8 Å². The van der Waals surface area contributed by atoms with Crippen LogP contribution < -0.4 is 11.1 Å². The lowest BCUT2D eigenvalue weighted by Gasteiger charge is -2.17. The molecule has 8 heteroatoms. The third-order valence-corrected chi connectivity index (χ3v) is 4.14. The fourth-order valence-corrected chi connectivity index (χ4v) is 2.77. The van der Waals surface area contributed by atoms with E-state index in [0.717, 1.165) is 0 Å². The van der Waals surface area contributed by atoms with Crippen LogP contribution in [0, 0.1) is 13.8 Å². The number of amides is 1. The monoisotopic (exact) mass is 353 g/mol. The second-order valence-corrected chi connectivity index (χ2v) is 6.17. The van der Waals surface area contributed by atoms with Crippen LogP contribution in [0.2, 0.25) is 0 Å². The van der Waals surface area contributed by atoms with Crippen LogP contribution >= 0.6 is 0 Å². The summed E-state index contributed by atoms with van der Waals surface area (Å²) in [6.45, 7) is 3.52. The summed E-state index contributed by atoms with van der Waals surface area (Å²) < 4.78 is 0. The first kappa shape index (κ1) is 17.5. The summed E-state index contributed by atoms with van der Waals surface area (Å²) in [5, 5.41) is 0.498. The van der Waals surface area contributed by atoms with Crippen molar-refractivity contribution >= 4 is 16.8 Å². The van der Waals surface area contributed by atoms with Gasteiger partial charge in [0, 0.05) is 18.3 Å². The van der Waals surface area contributed by atoms with Gasteiger partial charge in [-0.3, -0.25) is 14.4 Å². The molecule has 0 aliphatic rings. The highest BCUT2D eigenvalue weighted by Gasteiger charge is 2.16. The number of nitrogens with zero attached hydrogens (tertiary/aromatic N) is 3. The molecule has 0 atom stereocenters. The molecule has 2 aromatic heterocycles. The predicted octanol–water partition coefficient (Wildman–Crippen LogP) is 0.824. The van der Waals surface area contributed by atoms with Gasteiger partial charge >= 0.3 is 0 Å². The van der Waals surface area contributed by atoms with Crippen LogP contribution in [0.3, 0.4) is 0 Å². The minimum absolute atomic E-state index is 0.0667. The average molecular weight is 353 g/mol. The highest BCUT2D eigenvalue weighted by atomic mass is 16.2. The van der Waals surface area contributed by atoms with E-state index < -0.39 is 0 Å². The molecule has 2 heterocycles. The molecule has 3 aromatic rings. The Morgan fingerprint density at radius 1 is 1.08 bits per heavy atom. The van der Waals surface area contributed by atoms with E-state index >= 15 is 0 Å². The van der Waals surface area contributed by atoms with Crippen LogP contribution in [0.25, 0.3) is 10.9 Å². The first-order chi connectivity index (χ1) is 12.3. The molecular formula is C18H19N5O3. The first-order valence-electron chi connectivity index (χ1n) is 8.13. The van der Waals surface area contributed by atoms with E-state index in [9.17, 15) is 14.4 Å². The summed E-state index contributed by atoms with van der Waals surface area (Å²) in [6.07, 6.45) is -0.0667. The van der Waals surface area contributed by atoms with Crippen molar-refractivity contribution in [1.82, 2.24) is 24.8 Å². The number of para-hydroxylation sites is 1. The lowest BCUT2D eigenvalue weighted by Crippen LogP contribution is -2.32. The lowest BCUT2D eigenvalue weighted by molar-refractivity contribution is -0.129. The molecule has 0 aliphatic carbocycles. The van der Waals surface area contributed by atoms with Crippen LogP contribution in [0.1, 0.15) is 22.9 Å². The van der Waals surface area contributed by atoms with Crippen LogP contribution in [-0.2, 0) is 17.8 Å². The quantitative estimate of drug-likeness (QED) is 0.721. The molecule has 0 saturated carbocycles. The van der Waals surface area contributed by atoms with Gasteiger partial charge in [0.1, 0.15) is 11.6 Å². The molecule has 0 aliphatic heterocycles. The maximum absolute atomic E-state index is 12.5. The van der Waals surface area contributed by atoms with Gasteiger partial charge in [0.25, 0.3) is 11.1 Å². The normalized spacial score (nSPS) is 10.9. The summed E-state index contributed by atoms with van der Waals surface area (Å²) >= 11 is 0. The SMILES string of the molecule is Cc1nc(C)c(CC(=O)N(C)Cc2nc3ccccc3c(=O)[nH]2)c(=O)[nH]1. The molecule has 0 spiro atoms. The highest BCUT2D eigenvalue weighted by molar-refractivity contribution is 5.79. The fourth-order valence-electron chi connectivity index (χ4n) is 2.77. The molecule has 3 rings (SSSR count). The number of fused-ring (bicyclic) bond motifs is 1. The number of likely N-dealkylation sites (N-methyl/N-ethyl adjacent to an activating group) is 1. The molecule has 0 saturated heterocycles.